The molecule has 2 rings (SSSR count). The first-order valence-electron chi connectivity index (χ1n) is 4.99. The Balaban J connectivity index is 2.07. The smallest absolute Gasteiger partial charge is 0.126 e. The molecule has 2 aromatic rings. The van der Waals surface area contributed by atoms with Crippen molar-refractivity contribution in [1.82, 2.24) is 4.98 Å². The maximum Gasteiger partial charge on any atom is 0.126 e. The number of rotatable bonds is 3. The number of nitrogens with one attached hydrogen (secondary N) is 1. The molecule has 0 saturated carbocycles. The van der Waals surface area contributed by atoms with Gasteiger partial charge in [-0.25, -0.2) is 4.98 Å². The van der Waals surface area contributed by atoms with Crippen molar-refractivity contribution in [2.24, 2.45) is 0 Å². The van der Waals surface area contributed by atoms with Crippen molar-refractivity contribution in [1.29, 1.82) is 0 Å². The van der Waals surface area contributed by atoms with Crippen molar-refractivity contribution in [3.63, 3.8) is 0 Å². The Morgan fingerprint density at radius 2 is 2.13 bits per heavy atom. The lowest BCUT2D eigenvalue weighted by atomic mass is 10.2. The van der Waals surface area contributed by atoms with Gasteiger partial charge >= 0.3 is 0 Å². The molecule has 0 amide bonds. The fourth-order valence-electron chi connectivity index (χ4n) is 1.43. The van der Waals surface area contributed by atoms with Crippen LogP contribution in [0.25, 0.3) is 0 Å². The summed E-state index contributed by atoms with van der Waals surface area (Å²) in [5.74, 6) is 2.72. The summed E-state index contributed by atoms with van der Waals surface area (Å²) in [6.45, 7) is 3.99. The minimum Gasteiger partial charge on any atom is -0.464 e. The van der Waals surface area contributed by atoms with Gasteiger partial charge in [0.05, 0.1) is 6.04 Å². The van der Waals surface area contributed by atoms with Crippen LogP contribution in [0.15, 0.2) is 40.9 Å². The Hall–Kier alpha value is -1.77. The normalized spacial score (nSPS) is 12.4. The molecule has 1 atom stereocenters. The van der Waals surface area contributed by atoms with E-state index < -0.39 is 0 Å². The van der Waals surface area contributed by atoms with Gasteiger partial charge in [0.15, 0.2) is 0 Å². The molecule has 0 aliphatic heterocycles. The third-order valence-electron chi connectivity index (χ3n) is 2.22. The van der Waals surface area contributed by atoms with Crippen molar-refractivity contribution in [2.75, 3.05) is 5.32 Å². The molecule has 78 valence electrons. The minimum absolute atomic E-state index is 0.133. The Morgan fingerprint density at radius 3 is 2.73 bits per heavy atom. The van der Waals surface area contributed by atoms with Crippen molar-refractivity contribution in [2.45, 2.75) is 19.9 Å². The van der Waals surface area contributed by atoms with E-state index in [-0.39, 0.29) is 6.04 Å². The Labute approximate surface area is 89.1 Å². The first-order valence-corrected chi connectivity index (χ1v) is 4.99. The van der Waals surface area contributed by atoms with Crippen LogP contribution in [-0.2, 0) is 0 Å². The van der Waals surface area contributed by atoms with Gasteiger partial charge in [0.1, 0.15) is 17.3 Å². The van der Waals surface area contributed by atoms with Gasteiger partial charge < -0.3 is 9.73 Å². The number of hydrogen-bond acceptors (Lipinski definition) is 3. The molecule has 0 radical (unpaired) electrons. The van der Waals surface area contributed by atoms with Gasteiger partial charge in [-0.05, 0) is 38.1 Å². The summed E-state index contributed by atoms with van der Waals surface area (Å²) in [4.78, 5) is 4.20. The zero-order chi connectivity index (χ0) is 10.7. The van der Waals surface area contributed by atoms with Crippen molar-refractivity contribution in [3.8, 4) is 0 Å². The molecule has 2 aromatic heterocycles. The molecule has 1 N–H and O–H groups in total. The van der Waals surface area contributed by atoms with Crippen LogP contribution in [0, 0.1) is 6.92 Å². The molecule has 1 unspecified atom stereocenters. The molecule has 3 heteroatoms. The Kier molecular flexibility index (Phi) is 2.72. The lowest BCUT2D eigenvalue weighted by Gasteiger charge is -2.11. The quantitative estimate of drug-likeness (QED) is 0.830. The van der Waals surface area contributed by atoms with Gasteiger partial charge in [-0.1, -0.05) is 6.07 Å². The number of pyridine rings is 1. The van der Waals surface area contributed by atoms with Crippen molar-refractivity contribution in [3.05, 3.63) is 48.0 Å². The SMILES string of the molecule is Cc1ccc(C(C)Nc2ccccn2)o1. The van der Waals surface area contributed by atoms with E-state index in [0.717, 1.165) is 17.3 Å². The van der Waals surface area contributed by atoms with E-state index in [1.807, 2.05) is 44.2 Å². The molecule has 2 heterocycles. The van der Waals surface area contributed by atoms with Crippen LogP contribution in [0.3, 0.4) is 0 Å². The van der Waals surface area contributed by atoms with Gasteiger partial charge in [-0.15, -0.1) is 0 Å². The maximum absolute atomic E-state index is 5.53. The standard InChI is InChI=1S/C12H14N2O/c1-9-6-7-11(15-9)10(2)14-12-5-3-4-8-13-12/h3-8,10H,1-2H3,(H,13,14). The van der Waals surface area contributed by atoms with Crippen LogP contribution >= 0.6 is 0 Å². The van der Waals surface area contributed by atoms with Crippen LogP contribution < -0.4 is 5.32 Å². The molecular formula is C12H14N2O. The van der Waals surface area contributed by atoms with E-state index in [9.17, 15) is 0 Å². The maximum atomic E-state index is 5.53. The van der Waals surface area contributed by atoms with Crippen LogP contribution in [0.4, 0.5) is 5.82 Å². The Bertz CT molecular complexity index is 422. The zero-order valence-electron chi connectivity index (χ0n) is 8.90. The van der Waals surface area contributed by atoms with E-state index >= 15 is 0 Å². The second kappa shape index (κ2) is 4.17. The summed E-state index contributed by atoms with van der Waals surface area (Å²) < 4.78 is 5.53. The lowest BCUT2D eigenvalue weighted by Crippen LogP contribution is -2.06. The predicted molar refractivity (Wildman–Crippen MR) is 59.7 cm³/mol. The van der Waals surface area contributed by atoms with Crippen LogP contribution in [0.2, 0.25) is 0 Å². The average Bonchev–Trinajstić information content (AvgIpc) is 2.66. The zero-order valence-corrected chi connectivity index (χ0v) is 8.90. The highest BCUT2D eigenvalue weighted by Crippen LogP contribution is 2.19. The van der Waals surface area contributed by atoms with Crippen LogP contribution in [-0.4, -0.2) is 4.98 Å². The Morgan fingerprint density at radius 1 is 1.27 bits per heavy atom. The van der Waals surface area contributed by atoms with E-state index in [1.165, 1.54) is 0 Å². The van der Waals surface area contributed by atoms with E-state index in [1.54, 1.807) is 6.20 Å². The topological polar surface area (TPSA) is 38.1 Å². The van der Waals surface area contributed by atoms with Gasteiger partial charge in [-0.2, -0.15) is 0 Å². The largest absolute Gasteiger partial charge is 0.464 e. The highest BCUT2D eigenvalue weighted by atomic mass is 16.3. The molecule has 0 spiro atoms. The van der Waals surface area contributed by atoms with Gasteiger partial charge in [-0.3, -0.25) is 0 Å². The lowest BCUT2D eigenvalue weighted by molar-refractivity contribution is 0.466. The highest BCUT2D eigenvalue weighted by molar-refractivity contribution is 5.35. The molecule has 0 aliphatic rings. The fourth-order valence-corrected chi connectivity index (χ4v) is 1.43. The molecular weight excluding hydrogens is 188 g/mol. The number of nitrogens with zero attached hydrogens (tertiary/aromatic N) is 1. The monoisotopic (exact) mass is 202 g/mol. The molecule has 0 aliphatic carbocycles. The number of hydrogen-bond donors (Lipinski definition) is 1. The van der Waals surface area contributed by atoms with E-state index in [0.29, 0.717) is 0 Å². The van der Waals surface area contributed by atoms with E-state index in [2.05, 4.69) is 10.3 Å². The highest BCUT2D eigenvalue weighted by Gasteiger charge is 2.08. The van der Waals surface area contributed by atoms with Gasteiger partial charge in [0.25, 0.3) is 0 Å². The number of aryl methyl sites for hydroxylation is 1. The number of aromatic nitrogens is 1. The number of anilines is 1. The van der Waals surface area contributed by atoms with Crippen molar-refractivity contribution >= 4 is 5.82 Å². The summed E-state index contributed by atoms with van der Waals surface area (Å²) in [5.41, 5.74) is 0. The minimum atomic E-state index is 0.133. The molecule has 0 aromatic carbocycles. The van der Waals surface area contributed by atoms with Gasteiger partial charge in [0, 0.05) is 6.20 Å². The fraction of sp³-hybridized carbons (Fsp3) is 0.250. The summed E-state index contributed by atoms with van der Waals surface area (Å²) in [6, 6.07) is 9.87. The predicted octanol–water partition coefficient (Wildman–Crippen LogP) is 3.16. The van der Waals surface area contributed by atoms with Crippen LogP contribution in [0.5, 0.6) is 0 Å². The molecule has 0 bridgehead atoms. The van der Waals surface area contributed by atoms with Crippen molar-refractivity contribution < 1.29 is 4.42 Å². The number of furan rings is 1. The third kappa shape index (κ3) is 2.37. The second-order valence-electron chi connectivity index (χ2n) is 3.53. The van der Waals surface area contributed by atoms with E-state index in [4.69, 9.17) is 4.42 Å². The summed E-state index contributed by atoms with van der Waals surface area (Å²) >= 11 is 0. The molecule has 3 nitrogen and oxygen atoms in total. The molecule has 0 fully saturated rings. The first kappa shape index (κ1) is 9.77. The summed E-state index contributed by atoms with van der Waals surface area (Å²) in [7, 11) is 0. The summed E-state index contributed by atoms with van der Waals surface area (Å²) in [6.07, 6.45) is 1.77. The average molecular weight is 202 g/mol. The first-order chi connectivity index (χ1) is 7.25. The summed E-state index contributed by atoms with van der Waals surface area (Å²) in [5, 5.41) is 3.27. The molecule has 15 heavy (non-hydrogen) atoms. The third-order valence-corrected chi connectivity index (χ3v) is 2.22. The van der Waals surface area contributed by atoms with Gasteiger partial charge in [0.2, 0.25) is 0 Å². The molecule has 0 saturated heterocycles. The van der Waals surface area contributed by atoms with Crippen LogP contribution in [0.1, 0.15) is 24.5 Å². The second-order valence-corrected chi connectivity index (χ2v) is 3.53.